The van der Waals surface area contributed by atoms with E-state index in [1.165, 1.54) is 4.88 Å². The maximum absolute atomic E-state index is 6.24. The van der Waals surface area contributed by atoms with Crippen LogP contribution >= 0.6 is 11.3 Å². The Morgan fingerprint density at radius 2 is 2.09 bits per heavy atom. The molecule has 1 atom stereocenters. The minimum absolute atomic E-state index is 0.0653. The molecular formula is C18H27NO3S. The van der Waals surface area contributed by atoms with Crippen LogP contribution in [0, 0.1) is 5.92 Å². The lowest BCUT2D eigenvalue weighted by molar-refractivity contribution is -0.201. The lowest BCUT2D eigenvalue weighted by Gasteiger charge is -2.53. The number of hydrogen-bond donors (Lipinski definition) is 0. The summed E-state index contributed by atoms with van der Waals surface area (Å²) in [5.74, 6) is 0.694. The van der Waals surface area contributed by atoms with Gasteiger partial charge in [0.25, 0.3) is 0 Å². The zero-order valence-electron chi connectivity index (χ0n) is 13.7. The second-order valence-corrected chi connectivity index (χ2v) is 8.29. The molecule has 0 unspecified atom stereocenters. The molecule has 128 valence electrons. The van der Waals surface area contributed by atoms with Crippen molar-refractivity contribution in [3.8, 4) is 0 Å². The monoisotopic (exact) mass is 337 g/mol. The van der Waals surface area contributed by atoms with Crippen molar-refractivity contribution in [1.29, 1.82) is 0 Å². The van der Waals surface area contributed by atoms with Crippen LogP contribution in [-0.2, 0) is 20.8 Å². The van der Waals surface area contributed by atoms with Crippen molar-refractivity contribution >= 4 is 11.3 Å². The van der Waals surface area contributed by atoms with E-state index in [1.54, 1.807) is 0 Å². The van der Waals surface area contributed by atoms with Gasteiger partial charge in [-0.2, -0.15) is 0 Å². The van der Waals surface area contributed by atoms with Gasteiger partial charge in [0.15, 0.2) is 0 Å². The number of nitrogens with zero attached hydrogens (tertiary/aromatic N) is 1. The number of thiophene rings is 1. The molecule has 23 heavy (non-hydrogen) atoms. The van der Waals surface area contributed by atoms with Gasteiger partial charge in [-0.25, -0.2) is 0 Å². The quantitative estimate of drug-likeness (QED) is 0.827. The molecule has 1 aromatic rings. The largest absolute Gasteiger partial charge is 0.381 e. The van der Waals surface area contributed by atoms with E-state index in [-0.39, 0.29) is 5.60 Å². The summed E-state index contributed by atoms with van der Waals surface area (Å²) in [6.07, 6.45) is 4.81. The normalized spacial score (nSPS) is 28.8. The predicted molar refractivity (Wildman–Crippen MR) is 90.8 cm³/mol. The molecule has 3 saturated heterocycles. The van der Waals surface area contributed by atoms with Crippen LogP contribution in [0.1, 0.15) is 30.6 Å². The molecule has 4 rings (SSSR count). The first-order valence-corrected chi connectivity index (χ1v) is 9.77. The topological polar surface area (TPSA) is 30.9 Å². The highest BCUT2D eigenvalue weighted by atomic mass is 32.1. The minimum atomic E-state index is 0.0653. The van der Waals surface area contributed by atoms with E-state index in [4.69, 9.17) is 14.2 Å². The van der Waals surface area contributed by atoms with E-state index in [1.807, 2.05) is 11.3 Å². The highest BCUT2D eigenvalue weighted by molar-refractivity contribution is 7.09. The summed E-state index contributed by atoms with van der Waals surface area (Å²) in [6, 6.07) is 4.35. The Balaban J connectivity index is 1.22. The van der Waals surface area contributed by atoms with Crippen LogP contribution in [0.15, 0.2) is 17.5 Å². The lowest BCUT2D eigenvalue weighted by atomic mass is 9.84. The molecule has 0 amide bonds. The fraction of sp³-hybridized carbons (Fsp3) is 0.778. The van der Waals surface area contributed by atoms with Gasteiger partial charge >= 0.3 is 0 Å². The fourth-order valence-corrected chi connectivity index (χ4v) is 4.78. The van der Waals surface area contributed by atoms with Crippen LogP contribution in [0.25, 0.3) is 0 Å². The average molecular weight is 337 g/mol. The molecule has 0 bridgehead atoms. The summed E-state index contributed by atoms with van der Waals surface area (Å²) in [4.78, 5) is 3.94. The molecule has 0 radical (unpaired) electrons. The number of hydrogen-bond acceptors (Lipinski definition) is 5. The van der Waals surface area contributed by atoms with Crippen LogP contribution in [0.4, 0.5) is 0 Å². The molecule has 0 N–H and O–H groups in total. The third-order valence-corrected chi connectivity index (χ3v) is 6.20. The van der Waals surface area contributed by atoms with E-state index in [0.29, 0.717) is 12.0 Å². The first-order chi connectivity index (χ1) is 11.3. The summed E-state index contributed by atoms with van der Waals surface area (Å²) in [5, 5.41) is 2.15. The summed E-state index contributed by atoms with van der Waals surface area (Å²) >= 11 is 1.84. The predicted octanol–water partition coefficient (Wildman–Crippen LogP) is 2.92. The number of likely N-dealkylation sites (tertiary alicyclic amines) is 1. The second-order valence-electron chi connectivity index (χ2n) is 7.26. The van der Waals surface area contributed by atoms with Crippen molar-refractivity contribution in [3.05, 3.63) is 22.4 Å². The highest BCUT2D eigenvalue weighted by Crippen LogP contribution is 2.36. The van der Waals surface area contributed by atoms with Gasteiger partial charge in [-0.3, -0.25) is 4.90 Å². The number of ether oxygens (including phenoxy) is 3. The molecule has 4 nitrogen and oxygen atoms in total. The van der Waals surface area contributed by atoms with Crippen molar-refractivity contribution < 1.29 is 14.2 Å². The van der Waals surface area contributed by atoms with E-state index < -0.39 is 0 Å². The van der Waals surface area contributed by atoms with Gasteiger partial charge in [0, 0.05) is 57.4 Å². The van der Waals surface area contributed by atoms with Gasteiger partial charge in [0.1, 0.15) is 0 Å². The fourth-order valence-electron chi connectivity index (χ4n) is 4.03. The van der Waals surface area contributed by atoms with Crippen molar-refractivity contribution in [3.63, 3.8) is 0 Å². The Morgan fingerprint density at radius 3 is 2.87 bits per heavy atom. The van der Waals surface area contributed by atoms with E-state index in [9.17, 15) is 0 Å². The summed E-state index contributed by atoms with van der Waals surface area (Å²) in [7, 11) is 0. The Bertz CT molecular complexity index is 480. The highest BCUT2D eigenvalue weighted by Gasteiger charge is 2.47. The van der Waals surface area contributed by atoms with E-state index in [2.05, 4.69) is 22.4 Å². The smallest absolute Gasteiger partial charge is 0.0959 e. The third-order valence-electron chi connectivity index (χ3n) is 5.34. The molecule has 3 aliphatic heterocycles. The molecule has 1 spiro atoms. The summed E-state index contributed by atoms with van der Waals surface area (Å²) < 4.78 is 17.8. The maximum atomic E-state index is 6.24. The van der Waals surface area contributed by atoms with Crippen LogP contribution in [0.3, 0.4) is 0 Å². The van der Waals surface area contributed by atoms with E-state index >= 15 is 0 Å². The van der Waals surface area contributed by atoms with Crippen LogP contribution in [0.2, 0.25) is 0 Å². The van der Waals surface area contributed by atoms with Crippen molar-refractivity contribution in [2.75, 3.05) is 39.5 Å². The molecule has 3 aliphatic rings. The molecule has 3 fully saturated rings. The molecule has 0 aliphatic carbocycles. The average Bonchev–Trinajstić information content (AvgIpc) is 3.06. The second kappa shape index (κ2) is 7.19. The molecule has 4 heterocycles. The van der Waals surface area contributed by atoms with Gasteiger partial charge in [-0.1, -0.05) is 6.07 Å². The summed E-state index contributed by atoms with van der Waals surface area (Å²) in [5.41, 5.74) is 0.0653. The lowest BCUT2D eigenvalue weighted by Crippen LogP contribution is -2.65. The van der Waals surface area contributed by atoms with Gasteiger partial charge in [0.05, 0.1) is 11.7 Å². The minimum Gasteiger partial charge on any atom is -0.381 e. The Hall–Kier alpha value is -0.460. The van der Waals surface area contributed by atoms with Crippen molar-refractivity contribution in [1.82, 2.24) is 4.90 Å². The molecule has 5 heteroatoms. The zero-order chi connectivity index (χ0) is 15.5. The van der Waals surface area contributed by atoms with Crippen LogP contribution in [-0.4, -0.2) is 56.1 Å². The zero-order valence-corrected chi connectivity index (χ0v) is 14.6. The Labute approximate surface area is 142 Å². The first kappa shape index (κ1) is 16.0. The molecule has 0 saturated carbocycles. The first-order valence-electron chi connectivity index (χ1n) is 8.89. The van der Waals surface area contributed by atoms with Gasteiger partial charge in [-0.15, -0.1) is 11.3 Å². The van der Waals surface area contributed by atoms with Crippen molar-refractivity contribution in [2.45, 2.75) is 43.9 Å². The maximum Gasteiger partial charge on any atom is 0.0959 e. The standard InChI is InChI=1S/C18H27NO3S/c1-2-17(23-9-1)11-19-13-18(14-19)10-16(5-8-22-18)21-12-15-3-6-20-7-4-15/h1-2,9,15-16H,3-8,10-14H2/t16-/m1/s1. The summed E-state index contributed by atoms with van der Waals surface area (Å²) in [6.45, 7) is 6.75. The van der Waals surface area contributed by atoms with Gasteiger partial charge in [0.2, 0.25) is 0 Å². The van der Waals surface area contributed by atoms with Crippen LogP contribution in [0.5, 0.6) is 0 Å². The molecule has 1 aromatic heterocycles. The molecule has 0 aromatic carbocycles. The van der Waals surface area contributed by atoms with Gasteiger partial charge < -0.3 is 14.2 Å². The van der Waals surface area contributed by atoms with Crippen molar-refractivity contribution in [2.24, 2.45) is 5.92 Å². The van der Waals surface area contributed by atoms with E-state index in [0.717, 1.165) is 71.7 Å². The van der Waals surface area contributed by atoms with Gasteiger partial charge in [-0.05, 0) is 36.6 Å². The SMILES string of the molecule is c1csc(CN2CC3(C[C@H](OCC4CCOCC4)CCO3)C2)c1. The third kappa shape index (κ3) is 3.97. The Kier molecular flexibility index (Phi) is 5.02. The van der Waals surface area contributed by atoms with Crippen LogP contribution < -0.4 is 0 Å². The molecular weight excluding hydrogens is 310 g/mol. The Morgan fingerprint density at radius 1 is 1.22 bits per heavy atom. The number of rotatable bonds is 5.